The Balaban J connectivity index is 1.79. The number of hydrogen-bond donors (Lipinski definition) is 1. The van der Waals surface area contributed by atoms with E-state index in [1.165, 1.54) is 4.90 Å². The van der Waals surface area contributed by atoms with Crippen LogP contribution in [0.4, 0.5) is 28.3 Å². The van der Waals surface area contributed by atoms with Gasteiger partial charge in [0.15, 0.2) is 5.69 Å². The molecule has 2 aromatic heterocycles. The Bertz CT molecular complexity index is 971. The number of nitrogens with zero attached hydrogens (tertiary/aromatic N) is 5. The van der Waals surface area contributed by atoms with E-state index < -0.39 is 35.8 Å². The molecule has 0 radical (unpaired) electrons. The van der Waals surface area contributed by atoms with Crippen molar-refractivity contribution in [3.63, 3.8) is 0 Å². The van der Waals surface area contributed by atoms with Gasteiger partial charge in [-0.1, -0.05) is 13.8 Å². The third-order valence-electron chi connectivity index (χ3n) is 5.25. The molecule has 0 spiro atoms. The first kappa shape index (κ1) is 24.0. The minimum absolute atomic E-state index is 0.00783. The molecular weight excluding hydrogens is 432 g/mol. The van der Waals surface area contributed by atoms with Gasteiger partial charge in [0.2, 0.25) is 5.95 Å². The van der Waals surface area contributed by atoms with E-state index in [4.69, 9.17) is 4.74 Å². The lowest BCUT2D eigenvalue weighted by molar-refractivity contribution is -0.139. The van der Waals surface area contributed by atoms with Crippen molar-refractivity contribution < 1.29 is 27.1 Å². The van der Waals surface area contributed by atoms with Crippen LogP contribution in [0.5, 0.6) is 0 Å². The molecule has 0 saturated carbocycles. The standard InChI is InChI=1S/C20H28F4N6O2/c1-6-11(2)16-27-15(20(22,23)24)14-9-25-17(28-30(14)16)26-13-7-8-29(10-12(13)21)18(31)32-19(3,4)5/h9,11-13H,6-8,10H2,1-5H3,(H,26,28)/t11?,12-,13-/m1/s1. The second-order valence-electron chi connectivity index (χ2n) is 8.99. The molecule has 1 unspecified atom stereocenters. The number of rotatable bonds is 4. The molecule has 3 rings (SSSR count). The number of ether oxygens (including phenoxy) is 1. The number of amides is 1. The topological polar surface area (TPSA) is 84.7 Å². The van der Waals surface area contributed by atoms with Crippen LogP contribution in [0.2, 0.25) is 0 Å². The number of carbonyl (C=O) groups excluding carboxylic acids is 1. The van der Waals surface area contributed by atoms with Crippen molar-refractivity contribution >= 4 is 17.6 Å². The van der Waals surface area contributed by atoms with Crippen molar-refractivity contribution in [1.29, 1.82) is 0 Å². The van der Waals surface area contributed by atoms with E-state index in [0.29, 0.717) is 6.42 Å². The number of nitrogens with one attached hydrogen (secondary N) is 1. The molecule has 0 bridgehead atoms. The lowest BCUT2D eigenvalue weighted by atomic mass is 10.0. The first-order valence-corrected chi connectivity index (χ1v) is 10.5. The Morgan fingerprint density at radius 1 is 1.34 bits per heavy atom. The van der Waals surface area contributed by atoms with Gasteiger partial charge in [-0.3, -0.25) is 0 Å². The third kappa shape index (κ3) is 5.21. The van der Waals surface area contributed by atoms with Crippen molar-refractivity contribution in [3.8, 4) is 0 Å². The largest absolute Gasteiger partial charge is 0.444 e. The molecule has 12 heteroatoms. The lowest BCUT2D eigenvalue weighted by Crippen LogP contribution is -2.51. The summed E-state index contributed by atoms with van der Waals surface area (Å²) in [6.07, 6.45) is -4.80. The summed E-state index contributed by atoms with van der Waals surface area (Å²) in [6, 6.07) is -0.705. The second kappa shape index (κ2) is 8.70. The van der Waals surface area contributed by atoms with Gasteiger partial charge in [0.1, 0.15) is 23.1 Å². The van der Waals surface area contributed by atoms with Gasteiger partial charge in [-0.2, -0.15) is 13.2 Å². The molecule has 1 aliphatic heterocycles. The maximum absolute atomic E-state index is 14.8. The number of piperidine rings is 1. The molecule has 3 atom stereocenters. The second-order valence-corrected chi connectivity index (χ2v) is 8.99. The smallest absolute Gasteiger partial charge is 0.435 e. The van der Waals surface area contributed by atoms with Crippen LogP contribution in [0.15, 0.2) is 6.20 Å². The van der Waals surface area contributed by atoms with Crippen LogP contribution >= 0.6 is 0 Å². The maximum atomic E-state index is 14.8. The van der Waals surface area contributed by atoms with Gasteiger partial charge in [-0.15, -0.1) is 5.10 Å². The van der Waals surface area contributed by atoms with Crippen LogP contribution < -0.4 is 5.32 Å². The predicted octanol–water partition coefficient (Wildman–Crippen LogP) is 4.42. The Kier molecular flexibility index (Phi) is 6.52. The van der Waals surface area contributed by atoms with Crippen LogP contribution in [0.25, 0.3) is 5.52 Å². The van der Waals surface area contributed by atoms with Crippen LogP contribution in [0.3, 0.4) is 0 Å². The molecule has 1 N–H and O–H groups in total. The van der Waals surface area contributed by atoms with Crippen LogP contribution in [0.1, 0.15) is 64.9 Å². The van der Waals surface area contributed by atoms with E-state index in [1.807, 2.05) is 6.92 Å². The zero-order chi connectivity index (χ0) is 23.8. The van der Waals surface area contributed by atoms with Gasteiger partial charge in [0, 0.05) is 12.5 Å². The molecular formula is C20H28F4N6O2. The van der Waals surface area contributed by atoms with Crippen molar-refractivity contribution in [2.75, 3.05) is 18.4 Å². The van der Waals surface area contributed by atoms with E-state index >= 15 is 0 Å². The Labute approximate surface area is 183 Å². The first-order chi connectivity index (χ1) is 14.8. The predicted molar refractivity (Wildman–Crippen MR) is 109 cm³/mol. The van der Waals surface area contributed by atoms with Crippen molar-refractivity contribution in [2.45, 2.75) is 77.4 Å². The molecule has 1 aliphatic rings. The average molecular weight is 460 g/mol. The molecule has 2 aromatic rings. The summed E-state index contributed by atoms with van der Waals surface area (Å²) in [6.45, 7) is 8.88. The molecule has 32 heavy (non-hydrogen) atoms. The normalized spacial score (nSPS) is 21.0. The Morgan fingerprint density at radius 2 is 2.03 bits per heavy atom. The molecule has 3 heterocycles. The number of hydrogen-bond acceptors (Lipinski definition) is 6. The number of aromatic nitrogens is 4. The van der Waals surface area contributed by atoms with Crippen molar-refractivity contribution in [2.24, 2.45) is 0 Å². The van der Waals surface area contributed by atoms with Crippen LogP contribution in [-0.4, -0.2) is 61.5 Å². The number of imidazole rings is 1. The highest BCUT2D eigenvalue weighted by molar-refractivity contribution is 5.68. The monoisotopic (exact) mass is 460 g/mol. The number of halogens is 4. The summed E-state index contributed by atoms with van der Waals surface area (Å²) >= 11 is 0. The minimum atomic E-state index is -4.65. The third-order valence-corrected chi connectivity index (χ3v) is 5.25. The number of likely N-dealkylation sites (tertiary alicyclic amines) is 1. The van der Waals surface area contributed by atoms with E-state index in [9.17, 15) is 22.4 Å². The first-order valence-electron chi connectivity index (χ1n) is 10.5. The molecule has 1 saturated heterocycles. The number of fused-ring (bicyclic) bond motifs is 1. The van der Waals surface area contributed by atoms with E-state index in [2.05, 4.69) is 20.4 Å². The minimum Gasteiger partial charge on any atom is -0.444 e. The Hall–Kier alpha value is -2.66. The molecule has 0 aromatic carbocycles. The fraction of sp³-hybridized carbons (Fsp3) is 0.700. The van der Waals surface area contributed by atoms with Gasteiger partial charge < -0.3 is 15.0 Å². The fourth-order valence-corrected chi connectivity index (χ4v) is 3.41. The van der Waals surface area contributed by atoms with Gasteiger partial charge in [0.05, 0.1) is 18.8 Å². The van der Waals surface area contributed by atoms with Gasteiger partial charge in [-0.05, 0) is 33.6 Å². The van der Waals surface area contributed by atoms with Crippen LogP contribution in [0, 0.1) is 0 Å². The van der Waals surface area contributed by atoms with Crippen molar-refractivity contribution in [1.82, 2.24) is 24.5 Å². The highest BCUT2D eigenvalue weighted by Crippen LogP contribution is 2.34. The average Bonchev–Trinajstić information content (AvgIpc) is 3.07. The van der Waals surface area contributed by atoms with Gasteiger partial charge in [-0.25, -0.2) is 23.7 Å². The lowest BCUT2D eigenvalue weighted by Gasteiger charge is -2.35. The summed E-state index contributed by atoms with van der Waals surface area (Å²) in [7, 11) is 0. The quantitative estimate of drug-likeness (QED) is 0.681. The van der Waals surface area contributed by atoms with Crippen molar-refractivity contribution in [3.05, 3.63) is 17.7 Å². The zero-order valence-electron chi connectivity index (χ0n) is 18.7. The highest BCUT2D eigenvalue weighted by Gasteiger charge is 2.38. The van der Waals surface area contributed by atoms with E-state index in [0.717, 1.165) is 10.7 Å². The molecule has 178 valence electrons. The Morgan fingerprint density at radius 3 is 2.59 bits per heavy atom. The number of alkyl halides is 4. The highest BCUT2D eigenvalue weighted by atomic mass is 19.4. The fourth-order valence-electron chi connectivity index (χ4n) is 3.41. The summed E-state index contributed by atoms with van der Waals surface area (Å²) in [5, 5.41) is 7.03. The maximum Gasteiger partial charge on any atom is 0.435 e. The summed E-state index contributed by atoms with van der Waals surface area (Å²) in [4.78, 5) is 21.2. The van der Waals surface area contributed by atoms with Gasteiger partial charge in [0.25, 0.3) is 0 Å². The van der Waals surface area contributed by atoms with E-state index in [1.54, 1.807) is 27.7 Å². The molecule has 8 nitrogen and oxygen atoms in total. The van der Waals surface area contributed by atoms with Crippen LogP contribution in [-0.2, 0) is 10.9 Å². The molecule has 1 amide bonds. The summed E-state index contributed by atoms with van der Waals surface area (Å²) < 4.78 is 61.3. The summed E-state index contributed by atoms with van der Waals surface area (Å²) in [5.41, 5.74) is -1.99. The number of carbonyl (C=O) groups is 1. The van der Waals surface area contributed by atoms with Gasteiger partial charge >= 0.3 is 12.3 Å². The SMILES string of the molecule is CCC(C)c1nc(C(F)(F)F)c2cnc(N[C@@H]3CCN(C(=O)OC(C)(C)C)C[C@H]3F)nn12. The van der Waals surface area contributed by atoms with E-state index in [-0.39, 0.29) is 42.7 Å². The number of anilines is 1. The molecule has 0 aliphatic carbocycles. The molecule has 1 fully saturated rings. The summed E-state index contributed by atoms with van der Waals surface area (Å²) in [5.74, 6) is -0.115. The zero-order valence-corrected chi connectivity index (χ0v) is 18.7.